The van der Waals surface area contributed by atoms with Gasteiger partial charge in [-0.2, -0.15) is 0 Å². The number of ether oxygens (including phenoxy) is 2. The number of rotatable bonds is 6. The van der Waals surface area contributed by atoms with Gasteiger partial charge in [0, 0.05) is 0 Å². The second-order valence-corrected chi connectivity index (χ2v) is 12.3. The quantitative estimate of drug-likeness (QED) is 0.191. The van der Waals surface area contributed by atoms with Gasteiger partial charge < -0.3 is 9.47 Å². The fourth-order valence-electron chi connectivity index (χ4n) is 6.83. The van der Waals surface area contributed by atoms with Gasteiger partial charge in [-0.1, -0.05) is 144 Å². The number of carbonyl (C=O) groups is 2. The third-order valence-corrected chi connectivity index (χ3v) is 9.45. The van der Waals surface area contributed by atoms with Gasteiger partial charge in [0.1, 0.15) is 0 Å². The molecule has 5 aromatic rings. The molecule has 2 aliphatic heterocycles. The van der Waals surface area contributed by atoms with Crippen LogP contribution in [0.4, 0.5) is 0 Å². The van der Waals surface area contributed by atoms with Gasteiger partial charge in [-0.15, -0.1) is 0 Å². The van der Waals surface area contributed by atoms with Crippen LogP contribution in [0.5, 0.6) is 0 Å². The van der Waals surface area contributed by atoms with Gasteiger partial charge in [-0.3, -0.25) is 9.59 Å². The first-order chi connectivity index (χ1) is 21.2. The Morgan fingerprint density at radius 1 is 0.386 bits per heavy atom. The predicted molar refractivity (Wildman–Crippen MR) is 170 cm³/mol. The van der Waals surface area contributed by atoms with E-state index in [1.807, 2.05) is 149 Å². The van der Waals surface area contributed by atoms with E-state index in [9.17, 15) is 9.59 Å². The van der Waals surface area contributed by atoms with Crippen molar-refractivity contribution in [3.63, 3.8) is 0 Å². The lowest BCUT2D eigenvalue weighted by Crippen LogP contribution is -2.55. The first-order valence-electron chi connectivity index (χ1n) is 15.0. The van der Waals surface area contributed by atoms with Crippen LogP contribution in [0.1, 0.15) is 67.8 Å². The zero-order chi connectivity index (χ0) is 30.6. The van der Waals surface area contributed by atoms with Gasteiger partial charge in [-0.05, 0) is 61.1 Å². The van der Waals surface area contributed by atoms with Crippen LogP contribution in [-0.2, 0) is 29.9 Å². The Balaban J connectivity index is 1.30. The molecule has 4 heteroatoms. The van der Waals surface area contributed by atoms with E-state index >= 15 is 0 Å². The van der Waals surface area contributed by atoms with Crippen LogP contribution in [0.25, 0.3) is 0 Å². The Morgan fingerprint density at radius 3 is 0.818 bits per heavy atom. The van der Waals surface area contributed by atoms with Gasteiger partial charge in [0.15, 0.2) is 23.0 Å². The minimum atomic E-state index is -0.959. The minimum Gasteiger partial charge on any atom is -0.454 e. The number of cyclic esters (lactones) is 2. The first-order valence-corrected chi connectivity index (χ1v) is 15.0. The van der Waals surface area contributed by atoms with E-state index in [1.54, 1.807) is 0 Å². The van der Waals surface area contributed by atoms with Crippen molar-refractivity contribution < 1.29 is 19.1 Å². The monoisotopic (exact) mass is 578 g/mol. The molecule has 2 saturated heterocycles. The SMILES string of the molecule is Cc1ccc(C2(c3ccc(C)cc3)C(=O)O[C@@H]2c2ccc([C@H]3OC(=O)C3(c3ccc(C)cc3)c3ccc(C)cc3)cc2)cc1. The summed E-state index contributed by atoms with van der Waals surface area (Å²) in [5.74, 6) is -0.519. The maximum Gasteiger partial charge on any atom is 0.325 e. The third-order valence-electron chi connectivity index (χ3n) is 9.45. The molecule has 2 atom stereocenters. The third kappa shape index (κ3) is 4.05. The number of aryl methyl sites for hydroxylation is 4. The molecule has 2 heterocycles. The highest BCUT2D eigenvalue weighted by Crippen LogP contribution is 2.56. The smallest absolute Gasteiger partial charge is 0.325 e. The summed E-state index contributed by atoms with van der Waals surface area (Å²) in [6.45, 7) is 8.16. The zero-order valence-corrected chi connectivity index (χ0v) is 25.3. The standard InChI is InChI=1S/C40H34O4/c1-25-5-17-31(18-6-25)39(32-19-7-26(2)8-20-32)35(43-37(39)41)29-13-15-30(16-14-29)36-40(38(42)44-36,33-21-9-27(3)10-22-33)34-23-11-28(4)12-24-34/h5-24,35-36H,1-4H3/t35-,36-/m1/s1. The minimum absolute atomic E-state index is 0.259. The van der Waals surface area contributed by atoms with E-state index in [4.69, 9.17) is 9.47 Å². The molecule has 0 saturated carbocycles. The van der Waals surface area contributed by atoms with Gasteiger partial charge in [-0.25, -0.2) is 0 Å². The Morgan fingerprint density at radius 2 is 0.614 bits per heavy atom. The van der Waals surface area contributed by atoms with Crippen molar-refractivity contribution in [3.05, 3.63) is 177 Å². The highest BCUT2D eigenvalue weighted by Gasteiger charge is 2.62. The van der Waals surface area contributed by atoms with Crippen molar-refractivity contribution >= 4 is 11.9 Å². The summed E-state index contributed by atoms with van der Waals surface area (Å²) in [6, 6.07) is 40.6. The first kappa shape index (κ1) is 27.8. The number of hydrogen-bond acceptors (Lipinski definition) is 4. The van der Waals surface area contributed by atoms with Crippen LogP contribution in [0.3, 0.4) is 0 Å². The summed E-state index contributed by atoms with van der Waals surface area (Å²) >= 11 is 0. The van der Waals surface area contributed by atoms with Crippen molar-refractivity contribution in [1.82, 2.24) is 0 Å². The van der Waals surface area contributed by atoms with Crippen LogP contribution in [-0.4, -0.2) is 11.9 Å². The van der Waals surface area contributed by atoms with E-state index in [1.165, 1.54) is 0 Å². The fraction of sp³-hybridized carbons (Fsp3) is 0.200. The molecule has 0 amide bonds. The maximum atomic E-state index is 13.5. The average Bonchev–Trinajstić information content (AvgIpc) is 3.03. The molecule has 0 radical (unpaired) electrons. The van der Waals surface area contributed by atoms with Crippen molar-refractivity contribution in [2.24, 2.45) is 0 Å². The molecule has 7 rings (SSSR count). The molecule has 0 N–H and O–H groups in total. The molecule has 0 bridgehead atoms. The lowest BCUT2D eigenvalue weighted by molar-refractivity contribution is -0.188. The lowest BCUT2D eigenvalue weighted by Gasteiger charge is -2.49. The largest absolute Gasteiger partial charge is 0.454 e. The Hall–Kier alpha value is -4.96. The number of hydrogen-bond donors (Lipinski definition) is 0. The van der Waals surface area contributed by atoms with E-state index < -0.39 is 23.0 Å². The van der Waals surface area contributed by atoms with Crippen molar-refractivity contribution in [2.75, 3.05) is 0 Å². The van der Waals surface area contributed by atoms with Crippen LogP contribution in [0.15, 0.2) is 121 Å². The van der Waals surface area contributed by atoms with Crippen molar-refractivity contribution in [1.29, 1.82) is 0 Å². The molecule has 0 spiro atoms. The van der Waals surface area contributed by atoms with Gasteiger partial charge >= 0.3 is 11.9 Å². The summed E-state index contributed by atoms with van der Waals surface area (Å²) in [6.07, 6.45) is -1.00. The predicted octanol–water partition coefficient (Wildman–Crippen LogP) is 8.09. The summed E-state index contributed by atoms with van der Waals surface area (Å²) in [5, 5.41) is 0. The van der Waals surface area contributed by atoms with Gasteiger partial charge in [0.25, 0.3) is 0 Å². The second kappa shape index (κ2) is 10.3. The maximum absolute atomic E-state index is 13.5. The lowest BCUT2D eigenvalue weighted by atomic mass is 9.63. The molecule has 0 unspecified atom stereocenters. The number of esters is 2. The number of carbonyl (C=O) groups excluding carboxylic acids is 2. The van der Waals surface area contributed by atoms with E-state index in [0.717, 1.165) is 55.6 Å². The molecule has 5 aromatic carbocycles. The van der Waals surface area contributed by atoms with E-state index in [-0.39, 0.29) is 11.9 Å². The van der Waals surface area contributed by atoms with Gasteiger partial charge in [0.05, 0.1) is 0 Å². The van der Waals surface area contributed by atoms with Crippen LogP contribution in [0, 0.1) is 27.7 Å². The second-order valence-electron chi connectivity index (χ2n) is 12.3. The summed E-state index contributed by atoms with van der Waals surface area (Å²) in [7, 11) is 0. The normalized spacial score (nSPS) is 19.7. The Labute approximate surface area is 258 Å². The fourth-order valence-corrected chi connectivity index (χ4v) is 6.83. The van der Waals surface area contributed by atoms with Crippen LogP contribution >= 0.6 is 0 Å². The van der Waals surface area contributed by atoms with E-state index in [0.29, 0.717) is 0 Å². The molecular weight excluding hydrogens is 544 g/mol. The Bertz CT molecular complexity index is 1620. The summed E-state index contributed by atoms with van der Waals surface area (Å²) < 4.78 is 11.9. The van der Waals surface area contributed by atoms with Crippen LogP contribution < -0.4 is 0 Å². The molecule has 0 aliphatic carbocycles. The highest BCUT2D eigenvalue weighted by atomic mass is 16.6. The Kier molecular flexibility index (Phi) is 6.55. The van der Waals surface area contributed by atoms with E-state index in [2.05, 4.69) is 0 Å². The highest BCUT2D eigenvalue weighted by molar-refractivity contribution is 5.95. The zero-order valence-electron chi connectivity index (χ0n) is 25.3. The number of benzene rings is 5. The molecule has 2 fully saturated rings. The van der Waals surface area contributed by atoms with Crippen molar-refractivity contribution in [3.8, 4) is 0 Å². The molecule has 44 heavy (non-hydrogen) atoms. The van der Waals surface area contributed by atoms with Crippen molar-refractivity contribution in [2.45, 2.75) is 50.7 Å². The molecule has 4 nitrogen and oxygen atoms in total. The molecule has 0 aromatic heterocycles. The van der Waals surface area contributed by atoms with Crippen LogP contribution in [0.2, 0.25) is 0 Å². The molecule has 2 aliphatic rings. The average molecular weight is 579 g/mol. The summed E-state index contributed by atoms with van der Waals surface area (Å²) in [4.78, 5) is 27.1. The summed E-state index contributed by atoms with van der Waals surface area (Å²) in [5.41, 5.74) is 7.98. The molecular formula is C40H34O4. The topological polar surface area (TPSA) is 52.6 Å². The van der Waals surface area contributed by atoms with Gasteiger partial charge in [0.2, 0.25) is 0 Å². The molecule has 218 valence electrons.